The lowest BCUT2D eigenvalue weighted by Crippen LogP contribution is -2.35. The van der Waals surface area contributed by atoms with E-state index in [1.165, 1.54) is 0 Å². The Hall–Kier alpha value is -2.04. The molecule has 22 heavy (non-hydrogen) atoms. The fourth-order valence-corrected chi connectivity index (χ4v) is 2.32. The minimum Gasteiger partial charge on any atom is -0.395 e. The number of aliphatic hydroxyl groups excluding tert-OH is 1. The molecule has 0 aliphatic heterocycles. The quantitative estimate of drug-likeness (QED) is 0.860. The molecule has 2 aromatic rings. The number of nitrogens with one attached hydrogen (secondary N) is 1. The van der Waals surface area contributed by atoms with Gasteiger partial charge in [-0.2, -0.15) is 0 Å². The van der Waals surface area contributed by atoms with E-state index in [2.05, 4.69) is 5.32 Å². The minimum atomic E-state index is -0.150. The molecule has 0 aliphatic rings. The highest BCUT2D eigenvalue weighted by Gasteiger charge is 2.12. The highest BCUT2D eigenvalue weighted by molar-refractivity contribution is 6.31. The first-order chi connectivity index (χ1) is 10.6. The van der Waals surface area contributed by atoms with Gasteiger partial charge in [-0.05, 0) is 36.8 Å². The van der Waals surface area contributed by atoms with Crippen molar-refractivity contribution in [2.75, 3.05) is 29.9 Å². The first kappa shape index (κ1) is 16.3. The molecule has 0 saturated heterocycles. The van der Waals surface area contributed by atoms with Crippen LogP contribution in [0.5, 0.6) is 0 Å². The summed E-state index contributed by atoms with van der Waals surface area (Å²) in [6, 6.07) is 14.9. The van der Waals surface area contributed by atoms with Crippen LogP contribution >= 0.6 is 11.6 Å². The van der Waals surface area contributed by atoms with Crippen LogP contribution in [0.4, 0.5) is 11.4 Å². The van der Waals surface area contributed by atoms with Gasteiger partial charge in [-0.15, -0.1) is 0 Å². The van der Waals surface area contributed by atoms with E-state index >= 15 is 0 Å². The maximum absolute atomic E-state index is 12.3. The summed E-state index contributed by atoms with van der Waals surface area (Å²) < 4.78 is 0. The van der Waals surface area contributed by atoms with Crippen molar-refractivity contribution in [3.63, 3.8) is 0 Å². The molecule has 1 amide bonds. The lowest BCUT2D eigenvalue weighted by atomic mass is 10.2. The van der Waals surface area contributed by atoms with E-state index in [9.17, 15) is 9.90 Å². The van der Waals surface area contributed by atoms with Gasteiger partial charge in [0.25, 0.3) is 0 Å². The number of para-hydroxylation sites is 1. The number of nitrogens with zero attached hydrogens (tertiary/aromatic N) is 1. The highest BCUT2D eigenvalue weighted by Crippen LogP contribution is 2.20. The van der Waals surface area contributed by atoms with Gasteiger partial charge >= 0.3 is 0 Å². The number of amides is 1. The molecule has 0 radical (unpaired) electrons. The fraction of sp³-hybridized carbons (Fsp3) is 0.235. The summed E-state index contributed by atoms with van der Waals surface area (Å²) in [5.74, 6) is -0.150. The van der Waals surface area contributed by atoms with Crippen LogP contribution in [-0.4, -0.2) is 30.7 Å². The van der Waals surface area contributed by atoms with Gasteiger partial charge in [0.05, 0.1) is 13.2 Å². The fourth-order valence-electron chi connectivity index (χ4n) is 2.15. The van der Waals surface area contributed by atoms with E-state index in [1.807, 2.05) is 48.2 Å². The summed E-state index contributed by atoms with van der Waals surface area (Å²) in [6.07, 6.45) is 0. The van der Waals surface area contributed by atoms with Crippen molar-refractivity contribution < 1.29 is 9.90 Å². The normalized spacial score (nSPS) is 10.3. The predicted molar refractivity (Wildman–Crippen MR) is 90.6 cm³/mol. The van der Waals surface area contributed by atoms with Gasteiger partial charge in [-0.1, -0.05) is 35.9 Å². The maximum Gasteiger partial charge on any atom is 0.243 e. The van der Waals surface area contributed by atoms with Crippen molar-refractivity contribution in [1.82, 2.24) is 0 Å². The lowest BCUT2D eigenvalue weighted by Gasteiger charge is -2.23. The van der Waals surface area contributed by atoms with Crippen LogP contribution in [0, 0.1) is 6.92 Å². The topological polar surface area (TPSA) is 52.6 Å². The Bertz CT molecular complexity index is 632. The molecule has 0 spiro atoms. The number of rotatable bonds is 6. The Kier molecular flexibility index (Phi) is 5.81. The van der Waals surface area contributed by atoms with Crippen molar-refractivity contribution in [2.24, 2.45) is 0 Å². The third-order valence-corrected chi connectivity index (χ3v) is 3.53. The first-order valence-corrected chi connectivity index (χ1v) is 7.45. The Morgan fingerprint density at radius 3 is 2.64 bits per heavy atom. The van der Waals surface area contributed by atoms with Crippen LogP contribution in [-0.2, 0) is 4.79 Å². The van der Waals surface area contributed by atoms with Crippen LogP contribution < -0.4 is 10.2 Å². The molecule has 0 bridgehead atoms. The number of hydrogen-bond acceptors (Lipinski definition) is 3. The zero-order valence-electron chi connectivity index (χ0n) is 12.4. The van der Waals surface area contributed by atoms with Crippen molar-refractivity contribution in [3.05, 3.63) is 59.1 Å². The summed E-state index contributed by atoms with van der Waals surface area (Å²) in [4.78, 5) is 14.1. The molecular weight excluding hydrogens is 300 g/mol. The van der Waals surface area contributed by atoms with Gasteiger partial charge in [0.15, 0.2) is 0 Å². The van der Waals surface area contributed by atoms with E-state index in [0.717, 1.165) is 11.3 Å². The molecule has 2 N–H and O–H groups in total. The zero-order valence-corrected chi connectivity index (χ0v) is 13.2. The van der Waals surface area contributed by atoms with Crippen LogP contribution in [0.3, 0.4) is 0 Å². The predicted octanol–water partition coefficient (Wildman–Crippen LogP) is 3.09. The number of carbonyl (C=O) groups excluding carboxylic acids is 1. The number of carbonyl (C=O) groups is 1. The average molecular weight is 319 g/mol. The standard InChI is InChI=1S/C17H19ClN2O2/c1-13-7-8-14(18)11-16(13)19-17(22)12-20(9-10-21)15-5-3-2-4-6-15/h2-8,11,21H,9-10,12H2,1H3,(H,19,22). The van der Waals surface area contributed by atoms with E-state index in [-0.39, 0.29) is 19.1 Å². The van der Waals surface area contributed by atoms with E-state index in [4.69, 9.17) is 11.6 Å². The Balaban J connectivity index is 2.07. The summed E-state index contributed by atoms with van der Waals surface area (Å²) >= 11 is 5.96. The number of hydrogen-bond donors (Lipinski definition) is 2. The molecular formula is C17H19ClN2O2. The first-order valence-electron chi connectivity index (χ1n) is 7.07. The third-order valence-electron chi connectivity index (χ3n) is 3.30. The zero-order chi connectivity index (χ0) is 15.9. The van der Waals surface area contributed by atoms with Crippen LogP contribution in [0.15, 0.2) is 48.5 Å². The molecule has 0 aromatic heterocycles. The average Bonchev–Trinajstić information content (AvgIpc) is 2.51. The van der Waals surface area contributed by atoms with Gasteiger partial charge in [0, 0.05) is 22.9 Å². The van der Waals surface area contributed by atoms with E-state index in [1.54, 1.807) is 12.1 Å². The molecule has 116 valence electrons. The third kappa shape index (κ3) is 4.48. The van der Waals surface area contributed by atoms with E-state index in [0.29, 0.717) is 17.3 Å². The molecule has 0 heterocycles. The number of aryl methyl sites for hydroxylation is 1. The summed E-state index contributed by atoms with van der Waals surface area (Å²) in [6.45, 7) is 2.45. The SMILES string of the molecule is Cc1ccc(Cl)cc1NC(=O)CN(CCO)c1ccccc1. The van der Waals surface area contributed by atoms with Gasteiger partial charge in [0.2, 0.25) is 5.91 Å². The maximum atomic E-state index is 12.3. The van der Waals surface area contributed by atoms with Crippen LogP contribution in [0.1, 0.15) is 5.56 Å². The molecule has 0 saturated carbocycles. The van der Waals surface area contributed by atoms with Gasteiger partial charge < -0.3 is 15.3 Å². The molecule has 0 atom stereocenters. The number of halogens is 1. The smallest absolute Gasteiger partial charge is 0.243 e. The minimum absolute atomic E-state index is 0.0155. The number of aliphatic hydroxyl groups is 1. The molecule has 0 aliphatic carbocycles. The van der Waals surface area contributed by atoms with Crippen molar-refractivity contribution in [3.8, 4) is 0 Å². The summed E-state index contributed by atoms with van der Waals surface area (Å²) in [7, 11) is 0. The number of anilines is 2. The van der Waals surface area contributed by atoms with Crippen molar-refractivity contribution >= 4 is 28.9 Å². The molecule has 2 aromatic carbocycles. The second-order valence-electron chi connectivity index (χ2n) is 4.99. The lowest BCUT2D eigenvalue weighted by molar-refractivity contribution is -0.115. The van der Waals surface area contributed by atoms with Gasteiger partial charge in [0.1, 0.15) is 0 Å². The summed E-state index contributed by atoms with van der Waals surface area (Å²) in [5.41, 5.74) is 2.55. The van der Waals surface area contributed by atoms with Crippen LogP contribution in [0.25, 0.3) is 0 Å². The Morgan fingerprint density at radius 2 is 1.95 bits per heavy atom. The molecule has 0 fully saturated rings. The van der Waals surface area contributed by atoms with Crippen LogP contribution in [0.2, 0.25) is 5.02 Å². The van der Waals surface area contributed by atoms with Gasteiger partial charge in [-0.3, -0.25) is 4.79 Å². The monoisotopic (exact) mass is 318 g/mol. The molecule has 2 rings (SSSR count). The van der Waals surface area contributed by atoms with E-state index < -0.39 is 0 Å². The summed E-state index contributed by atoms with van der Waals surface area (Å²) in [5, 5.41) is 12.6. The molecule has 4 nitrogen and oxygen atoms in total. The van der Waals surface area contributed by atoms with Crippen molar-refractivity contribution in [2.45, 2.75) is 6.92 Å². The van der Waals surface area contributed by atoms with Gasteiger partial charge in [-0.25, -0.2) is 0 Å². The number of benzene rings is 2. The van der Waals surface area contributed by atoms with Crippen molar-refractivity contribution in [1.29, 1.82) is 0 Å². The Labute approximate surface area is 135 Å². The highest BCUT2D eigenvalue weighted by atomic mass is 35.5. The molecule has 5 heteroatoms. The second-order valence-corrected chi connectivity index (χ2v) is 5.42. The second kappa shape index (κ2) is 7.82. The molecule has 0 unspecified atom stereocenters. The Morgan fingerprint density at radius 1 is 1.23 bits per heavy atom. The largest absolute Gasteiger partial charge is 0.395 e.